The number of rotatable bonds is 8. The smallest absolute Gasteiger partial charge is 0.406 e. The number of fused-ring (bicyclic) bond motifs is 1. The van der Waals surface area contributed by atoms with Gasteiger partial charge in [-0.1, -0.05) is 12.0 Å². The maximum Gasteiger partial charge on any atom is 0.406 e. The average molecular weight is 660 g/mol. The molecule has 0 atom stereocenters. The Morgan fingerprint density at radius 3 is 2.43 bits per heavy atom. The topological polar surface area (TPSA) is 111 Å². The molecule has 9 nitrogen and oxygen atoms in total. The van der Waals surface area contributed by atoms with Crippen LogP contribution >= 0.6 is 0 Å². The number of nitrogens with one attached hydrogen (secondary N) is 2. The third-order valence-corrected chi connectivity index (χ3v) is 10.5. The van der Waals surface area contributed by atoms with Crippen LogP contribution in [0.1, 0.15) is 44.2 Å². The zero-order valence-corrected chi connectivity index (χ0v) is 26.6. The number of piperidine rings is 1. The maximum absolute atomic E-state index is 13.7. The van der Waals surface area contributed by atoms with E-state index in [4.69, 9.17) is 14.6 Å². The summed E-state index contributed by atoms with van der Waals surface area (Å²) in [7, 11) is -2.52. The first-order valence-electron chi connectivity index (χ1n) is 15.6. The molecule has 2 aromatic carbocycles. The molecule has 1 spiro atoms. The zero-order chi connectivity index (χ0) is 32.5. The first kappa shape index (κ1) is 32.5. The Morgan fingerprint density at radius 1 is 1.07 bits per heavy atom. The Hall–Kier alpha value is -3.44. The third-order valence-electron chi connectivity index (χ3n) is 9.62. The van der Waals surface area contributed by atoms with E-state index in [1.165, 1.54) is 42.7 Å². The zero-order valence-electron chi connectivity index (χ0n) is 25.8. The lowest BCUT2D eigenvalue weighted by molar-refractivity contribution is -0.143. The first-order valence-corrected chi connectivity index (χ1v) is 17.2. The molecule has 2 saturated heterocycles. The molecule has 0 unspecified atom stereocenters. The van der Waals surface area contributed by atoms with E-state index in [-0.39, 0.29) is 28.9 Å². The van der Waals surface area contributed by atoms with Crippen molar-refractivity contribution < 1.29 is 31.1 Å². The van der Waals surface area contributed by atoms with E-state index >= 15 is 0 Å². The molecule has 1 aromatic heterocycles. The average Bonchev–Trinajstić information content (AvgIpc) is 3.35. The summed E-state index contributed by atoms with van der Waals surface area (Å²) in [4.78, 5) is 2.54. The van der Waals surface area contributed by atoms with Crippen LogP contribution in [0, 0.1) is 17.3 Å². The number of nitrogens with two attached hydrogens (primary N) is 1. The van der Waals surface area contributed by atoms with Crippen molar-refractivity contribution in [1.82, 2.24) is 9.47 Å². The second-order valence-corrected chi connectivity index (χ2v) is 14.3. The normalized spacial score (nSPS) is 21.8. The van der Waals surface area contributed by atoms with Crippen LogP contribution in [0.3, 0.4) is 0 Å². The van der Waals surface area contributed by atoms with Gasteiger partial charge in [-0.15, -0.1) is 0 Å². The van der Waals surface area contributed by atoms with Gasteiger partial charge in [0.2, 0.25) is 10.0 Å². The molecule has 6 rings (SSSR count). The molecule has 2 aliphatic heterocycles. The number of ether oxygens (including phenoxy) is 2. The minimum atomic E-state index is -4.43. The van der Waals surface area contributed by atoms with E-state index in [1.807, 2.05) is 6.07 Å². The molecule has 0 bridgehead atoms. The van der Waals surface area contributed by atoms with Crippen LogP contribution < -0.4 is 20.5 Å². The summed E-state index contributed by atoms with van der Waals surface area (Å²) >= 11 is 0. The number of aromatic nitrogens is 1. The first-order chi connectivity index (χ1) is 21.9. The van der Waals surface area contributed by atoms with Crippen LogP contribution in [-0.4, -0.2) is 76.1 Å². The molecule has 3 fully saturated rings. The van der Waals surface area contributed by atoms with Crippen LogP contribution in [0.5, 0.6) is 5.75 Å². The molecule has 3 aliphatic rings. The minimum Gasteiger partial charge on any atom is -0.495 e. The highest BCUT2D eigenvalue weighted by atomic mass is 32.2. The van der Waals surface area contributed by atoms with Crippen LogP contribution in [0.2, 0.25) is 0 Å². The van der Waals surface area contributed by atoms with Gasteiger partial charge < -0.3 is 29.6 Å². The Labute approximate surface area is 267 Å². The van der Waals surface area contributed by atoms with Crippen LogP contribution in [0.15, 0.2) is 47.4 Å². The number of sulfonamides is 1. The summed E-state index contributed by atoms with van der Waals surface area (Å²) in [5.41, 5.74) is 2.43. The summed E-state index contributed by atoms with van der Waals surface area (Å²) < 4.78 is 76.3. The lowest BCUT2D eigenvalue weighted by Crippen LogP contribution is -2.53. The Bertz CT molecular complexity index is 1730. The molecule has 0 amide bonds. The van der Waals surface area contributed by atoms with E-state index in [1.54, 1.807) is 18.2 Å². The predicted octanol–water partition coefficient (Wildman–Crippen LogP) is 5.16. The van der Waals surface area contributed by atoms with Crippen molar-refractivity contribution >= 4 is 32.3 Å². The summed E-state index contributed by atoms with van der Waals surface area (Å²) in [5, 5.41) is 12.6. The Balaban J connectivity index is 1.14. The molecule has 13 heteroatoms. The SMILES string of the molecule is COc1cc(S(N)(=O)=O)ccc1NCC#Cc1cc2c(NC3CCC(N4CCC5(CC4)COC5)CC3)cccc2n1CC(F)(F)F. The van der Waals surface area contributed by atoms with Gasteiger partial charge in [0, 0.05) is 34.6 Å². The van der Waals surface area contributed by atoms with Crippen LogP contribution in [-0.2, 0) is 21.3 Å². The molecule has 46 heavy (non-hydrogen) atoms. The summed E-state index contributed by atoms with van der Waals surface area (Å²) in [5.74, 6) is 6.06. The number of benzene rings is 2. The van der Waals surface area contributed by atoms with Crippen molar-refractivity contribution in [3.63, 3.8) is 0 Å². The lowest BCUT2D eigenvalue weighted by atomic mass is 9.76. The monoisotopic (exact) mass is 659 g/mol. The van der Waals surface area contributed by atoms with Crippen molar-refractivity contribution in [2.45, 2.75) is 68.2 Å². The van der Waals surface area contributed by atoms with Gasteiger partial charge in [-0.3, -0.25) is 0 Å². The van der Waals surface area contributed by atoms with Crippen molar-refractivity contribution in [3.8, 4) is 17.6 Å². The number of hydrogen-bond acceptors (Lipinski definition) is 7. The Kier molecular flexibility index (Phi) is 9.17. The van der Waals surface area contributed by atoms with Crippen LogP contribution in [0.25, 0.3) is 10.9 Å². The highest BCUT2D eigenvalue weighted by Gasteiger charge is 2.42. The predicted molar refractivity (Wildman–Crippen MR) is 171 cm³/mol. The molecule has 4 N–H and O–H groups in total. The van der Waals surface area contributed by atoms with Gasteiger partial charge in [-0.05, 0) is 87.9 Å². The number of halogens is 3. The number of nitrogens with zero attached hydrogens (tertiary/aromatic N) is 2. The fourth-order valence-electron chi connectivity index (χ4n) is 6.98. The fourth-order valence-corrected chi connectivity index (χ4v) is 7.51. The minimum absolute atomic E-state index is 0.0821. The van der Waals surface area contributed by atoms with Gasteiger partial charge in [0.05, 0.1) is 48.7 Å². The molecular weight excluding hydrogens is 619 g/mol. The fraction of sp³-hybridized carbons (Fsp3) is 0.515. The van der Waals surface area contributed by atoms with Crippen molar-refractivity contribution in [2.75, 3.05) is 50.6 Å². The van der Waals surface area contributed by atoms with Gasteiger partial charge in [0.15, 0.2) is 0 Å². The molecular formula is C33H40F3N5O4S. The highest BCUT2D eigenvalue weighted by molar-refractivity contribution is 7.89. The van der Waals surface area contributed by atoms with Crippen molar-refractivity contribution in [3.05, 3.63) is 48.2 Å². The maximum atomic E-state index is 13.7. The molecule has 3 aromatic rings. The number of anilines is 2. The quantitative estimate of drug-likeness (QED) is 0.287. The van der Waals surface area contributed by atoms with Gasteiger partial charge in [0.25, 0.3) is 0 Å². The van der Waals surface area contributed by atoms with E-state index in [2.05, 4.69) is 27.4 Å². The number of hydrogen-bond donors (Lipinski definition) is 3. The molecule has 1 aliphatic carbocycles. The van der Waals surface area contributed by atoms with E-state index < -0.39 is 22.7 Å². The van der Waals surface area contributed by atoms with Gasteiger partial charge >= 0.3 is 6.18 Å². The van der Waals surface area contributed by atoms with Gasteiger partial charge in [0.1, 0.15) is 12.3 Å². The van der Waals surface area contributed by atoms with Crippen molar-refractivity contribution in [1.29, 1.82) is 0 Å². The number of likely N-dealkylation sites (tertiary alicyclic amines) is 1. The summed E-state index contributed by atoms with van der Waals surface area (Å²) in [6, 6.07) is 12.1. The van der Waals surface area contributed by atoms with E-state index in [0.29, 0.717) is 28.0 Å². The molecule has 3 heterocycles. The van der Waals surface area contributed by atoms with Crippen molar-refractivity contribution in [2.24, 2.45) is 10.6 Å². The second-order valence-electron chi connectivity index (χ2n) is 12.7. The summed E-state index contributed by atoms with van der Waals surface area (Å²) in [6.07, 6.45) is 2.22. The number of methoxy groups -OCH3 is 1. The van der Waals surface area contributed by atoms with E-state index in [9.17, 15) is 21.6 Å². The largest absolute Gasteiger partial charge is 0.495 e. The number of primary sulfonamides is 1. The van der Waals surface area contributed by atoms with Crippen LogP contribution in [0.4, 0.5) is 24.5 Å². The third kappa shape index (κ3) is 7.25. The standard InChI is InChI=1S/C33H40F3N5O4S/c1-44-31-19-26(46(37,42)43)11-12-29(31)38-15-3-4-25-18-27-28(5-2-6-30(27)41(25)20-33(34,35)36)39-23-7-9-24(10-8-23)40-16-13-32(14-17-40)21-45-22-32/h2,5-6,11-12,18-19,23-24,38-39H,7-10,13-17,20-22H2,1H3,(H2,37,42,43). The van der Waals surface area contributed by atoms with E-state index in [0.717, 1.165) is 57.7 Å². The second kappa shape index (κ2) is 13.0. The lowest BCUT2D eigenvalue weighted by Gasteiger charge is -2.49. The Morgan fingerprint density at radius 2 is 1.80 bits per heavy atom. The number of alkyl halides is 3. The molecule has 1 saturated carbocycles. The van der Waals surface area contributed by atoms with Gasteiger partial charge in [-0.2, -0.15) is 13.2 Å². The highest BCUT2D eigenvalue weighted by Crippen LogP contribution is 2.40. The van der Waals surface area contributed by atoms with Gasteiger partial charge in [-0.25, -0.2) is 13.6 Å². The summed E-state index contributed by atoms with van der Waals surface area (Å²) in [6.45, 7) is 3.01. The molecule has 0 radical (unpaired) electrons. The molecule has 248 valence electrons.